The van der Waals surface area contributed by atoms with Gasteiger partial charge in [-0.25, -0.2) is 9.37 Å². The molecule has 2 aromatic rings. The maximum Gasteiger partial charge on any atom is 0.273 e. The summed E-state index contributed by atoms with van der Waals surface area (Å²) in [6.07, 6.45) is 1.58. The number of aromatic nitrogens is 1. The summed E-state index contributed by atoms with van der Waals surface area (Å²) in [6, 6.07) is 6.35. The number of hydrogen-bond donors (Lipinski definition) is 1. The van der Waals surface area contributed by atoms with Gasteiger partial charge in [0.15, 0.2) is 0 Å². The summed E-state index contributed by atoms with van der Waals surface area (Å²) in [5.41, 5.74) is 7.14. The second-order valence-corrected chi connectivity index (χ2v) is 6.51. The van der Waals surface area contributed by atoms with Gasteiger partial charge in [-0.1, -0.05) is 12.1 Å². The highest BCUT2D eigenvalue weighted by Gasteiger charge is 2.27. The predicted octanol–water partition coefficient (Wildman–Crippen LogP) is 2.29. The molecule has 1 atom stereocenters. The van der Waals surface area contributed by atoms with E-state index in [0.29, 0.717) is 24.6 Å². The normalized spacial score (nSPS) is 17.9. The third-order valence-corrected chi connectivity index (χ3v) is 4.79. The first kappa shape index (κ1) is 15.1. The smallest absolute Gasteiger partial charge is 0.273 e. The summed E-state index contributed by atoms with van der Waals surface area (Å²) in [5, 5.41) is 2.67. The van der Waals surface area contributed by atoms with E-state index < -0.39 is 0 Å². The number of amides is 1. The second kappa shape index (κ2) is 6.54. The van der Waals surface area contributed by atoms with Crippen molar-refractivity contribution in [3.05, 3.63) is 51.7 Å². The van der Waals surface area contributed by atoms with Crippen LogP contribution in [0, 0.1) is 11.7 Å². The van der Waals surface area contributed by atoms with Crippen molar-refractivity contribution in [2.24, 2.45) is 11.7 Å². The number of carbonyl (C=O) groups excluding carboxylic acids is 1. The van der Waals surface area contributed by atoms with E-state index >= 15 is 0 Å². The molecule has 1 saturated heterocycles. The lowest BCUT2D eigenvalue weighted by molar-refractivity contribution is 0.0782. The number of rotatable bonds is 4. The zero-order valence-electron chi connectivity index (χ0n) is 12.2. The minimum Gasteiger partial charge on any atom is -0.337 e. The Bertz CT molecular complexity index is 656. The van der Waals surface area contributed by atoms with Crippen LogP contribution in [0.1, 0.15) is 27.5 Å². The van der Waals surface area contributed by atoms with Crippen LogP contribution in [0.5, 0.6) is 0 Å². The first-order valence-corrected chi connectivity index (χ1v) is 8.22. The Labute approximate surface area is 132 Å². The van der Waals surface area contributed by atoms with Crippen LogP contribution < -0.4 is 5.73 Å². The van der Waals surface area contributed by atoms with Crippen molar-refractivity contribution >= 4 is 17.2 Å². The Morgan fingerprint density at radius 3 is 2.86 bits per heavy atom. The SMILES string of the molecule is NCC1CCN(C(=O)c2csc(Cc3ccc(F)cc3)n2)C1. The van der Waals surface area contributed by atoms with Gasteiger partial charge in [0.05, 0.1) is 5.01 Å². The minimum absolute atomic E-state index is 0.0162. The van der Waals surface area contributed by atoms with Crippen molar-refractivity contribution in [3.63, 3.8) is 0 Å². The van der Waals surface area contributed by atoms with Crippen molar-refractivity contribution in [3.8, 4) is 0 Å². The summed E-state index contributed by atoms with van der Waals surface area (Å²) < 4.78 is 12.9. The summed E-state index contributed by atoms with van der Waals surface area (Å²) in [4.78, 5) is 18.7. The number of carbonyl (C=O) groups is 1. The van der Waals surface area contributed by atoms with Crippen molar-refractivity contribution in [2.45, 2.75) is 12.8 Å². The van der Waals surface area contributed by atoms with Gasteiger partial charge in [-0.3, -0.25) is 4.79 Å². The van der Waals surface area contributed by atoms with Crippen LogP contribution in [-0.2, 0) is 6.42 Å². The van der Waals surface area contributed by atoms with Gasteiger partial charge >= 0.3 is 0 Å². The lowest BCUT2D eigenvalue weighted by Crippen LogP contribution is -2.30. The van der Waals surface area contributed by atoms with E-state index in [4.69, 9.17) is 5.73 Å². The van der Waals surface area contributed by atoms with E-state index in [-0.39, 0.29) is 11.7 Å². The average molecular weight is 319 g/mol. The molecule has 0 aliphatic carbocycles. The largest absolute Gasteiger partial charge is 0.337 e. The van der Waals surface area contributed by atoms with Crippen LogP contribution in [0.3, 0.4) is 0 Å². The average Bonchev–Trinajstić information content (AvgIpc) is 3.18. The Morgan fingerprint density at radius 2 is 2.18 bits per heavy atom. The molecule has 1 aliphatic rings. The Balaban J connectivity index is 1.66. The summed E-state index contributed by atoms with van der Waals surface area (Å²) in [6.45, 7) is 2.10. The van der Waals surface area contributed by atoms with E-state index in [1.165, 1.54) is 23.5 Å². The quantitative estimate of drug-likeness (QED) is 0.940. The molecule has 6 heteroatoms. The predicted molar refractivity (Wildman–Crippen MR) is 84.4 cm³/mol. The van der Waals surface area contributed by atoms with E-state index in [2.05, 4.69) is 4.98 Å². The van der Waals surface area contributed by atoms with Gasteiger partial charge < -0.3 is 10.6 Å². The lowest BCUT2D eigenvalue weighted by Gasteiger charge is -2.14. The molecular weight excluding hydrogens is 301 g/mol. The molecule has 1 amide bonds. The molecule has 22 heavy (non-hydrogen) atoms. The van der Waals surface area contributed by atoms with Gasteiger partial charge in [-0.15, -0.1) is 11.3 Å². The minimum atomic E-state index is -0.248. The molecule has 0 radical (unpaired) electrons. The van der Waals surface area contributed by atoms with Crippen LogP contribution in [-0.4, -0.2) is 35.4 Å². The van der Waals surface area contributed by atoms with Crippen molar-refractivity contribution in [1.29, 1.82) is 0 Å². The van der Waals surface area contributed by atoms with Crippen molar-refractivity contribution in [2.75, 3.05) is 19.6 Å². The van der Waals surface area contributed by atoms with Crippen LogP contribution in [0.25, 0.3) is 0 Å². The number of benzene rings is 1. The van der Waals surface area contributed by atoms with Crippen LogP contribution in [0.2, 0.25) is 0 Å². The molecule has 2 heterocycles. The van der Waals surface area contributed by atoms with Crippen molar-refractivity contribution in [1.82, 2.24) is 9.88 Å². The van der Waals surface area contributed by atoms with Gasteiger partial charge in [0, 0.05) is 24.9 Å². The monoisotopic (exact) mass is 319 g/mol. The van der Waals surface area contributed by atoms with Crippen LogP contribution in [0.15, 0.2) is 29.6 Å². The molecule has 1 aromatic carbocycles. The molecule has 0 spiro atoms. The molecule has 2 N–H and O–H groups in total. The summed E-state index contributed by atoms with van der Waals surface area (Å²) in [7, 11) is 0. The number of likely N-dealkylation sites (tertiary alicyclic amines) is 1. The maximum absolute atomic E-state index is 12.9. The first-order chi connectivity index (χ1) is 10.7. The number of nitrogens with zero attached hydrogens (tertiary/aromatic N) is 2. The third-order valence-electron chi connectivity index (χ3n) is 3.95. The Hall–Kier alpha value is -1.79. The van der Waals surface area contributed by atoms with E-state index in [0.717, 1.165) is 30.1 Å². The molecule has 1 aliphatic heterocycles. The molecule has 1 fully saturated rings. The zero-order chi connectivity index (χ0) is 15.5. The topological polar surface area (TPSA) is 59.2 Å². The lowest BCUT2D eigenvalue weighted by atomic mass is 10.1. The standard InChI is InChI=1S/C16H18FN3OS/c17-13-3-1-11(2-4-13)7-15-19-14(10-22-15)16(21)20-6-5-12(8-18)9-20/h1-4,10,12H,5-9,18H2. The van der Waals surface area contributed by atoms with Gasteiger partial charge in [0.2, 0.25) is 0 Å². The highest BCUT2D eigenvalue weighted by Crippen LogP contribution is 2.20. The van der Waals surface area contributed by atoms with Gasteiger partial charge in [0.25, 0.3) is 5.91 Å². The molecule has 0 saturated carbocycles. The number of halogens is 1. The first-order valence-electron chi connectivity index (χ1n) is 7.34. The highest BCUT2D eigenvalue weighted by atomic mass is 32.1. The number of nitrogens with two attached hydrogens (primary N) is 1. The third kappa shape index (κ3) is 3.34. The van der Waals surface area contributed by atoms with Crippen molar-refractivity contribution < 1.29 is 9.18 Å². The zero-order valence-corrected chi connectivity index (χ0v) is 13.0. The Morgan fingerprint density at radius 1 is 1.41 bits per heavy atom. The molecule has 0 bridgehead atoms. The summed E-state index contributed by atoms with van der Waals surface area (Å²) in [5.74, 6) is 0.140. The second-order valence-electron chi connectivity index (χ2n) is 5.57. The molecule has 116 valence electrons. The highest BCUT2D eigenvalue weighted by molar-refractivity contribution is 7.09. The van der Waals surface area contributed by atoms with E-state index in [1.807, 2.05) is 4.90 Å². The number of thiazole rings is 1. The molecule has 4 nitrogen and oxygen atoms in total. The van der Waals surface area contributed by atoms with Crippen LogP contribution in [0.4, 0.5) is 4.39 Å². The fourth-order valence-corrected chi connectivity index (χ4v) is 3.44. The van der Waals surface area contributed by atoms with Gasteiger partial charge in [-0.05, 0) is 36.6 Å². The molecule has 1 aromatic heterocycles. The van der Waals surface area contributed by atoms with Gasteiger partial charge in [-0.2, -0.15) is 0 Å². The molecular formula is C16H18FN3OS. The molecule has 3 rings (SSSR count). The summed E-state index contributed by atoms with van der Waals surface area (Å²) >= 11 is 1.47. The fourth-order valence-electron chi connectivity index (χ4n) is 2.64. The van der Waals surface area contributed by atoms with Crippen LogP contribution >= 0.6 is 11.3 Å². The number of hydrogen-bond acceptors (Lipinski definition) is 4. The Kier molecular flexibility index (Phi) is 4.49. The molecule has 1 unspecified atom stereocenters. The van der Waals surface area contributed by atoms with E-state index in [9.17, 15) is 9.18 Å². The fraction of sp³-hybridized carbons (Fsp3) is 0.375. The maximum atomic E-state index is 12.9. The van der Waals surface area contributed by atoms with Gasteiger partial charge in [0.1, 0.15) is 11.5 Å². The van der Waals surface area contributed by atoms with E-state index in [1.54, 1.807) is 17.5 Å².